The molecule has 0 fully saturated rings. The number of nitrogens with one attached hydrogen (secondary N) is 1. The number of ether oxygens (including phenoxy) is 1. The van der Waals surface area contributed by atoms with Crippen molar-refractivity contribution in [1.82, 2.24) is 10.2 Å². The number of likely N-dealkylation sites (N-methyl/N-ethyl adjacent to an activating group) is 1. The molecule has 0 aliphatic heterocycles. The van der Waals surface area contributed by atoms with Crippen LogP contribution in [0.25, 0.3) is 0 Å². The van der Waals surface area contributed by atoms with Crippen molar-refractivity contribution in [3.05, 3.63) is 60.2 Å². The fraction of sp³-hybridized carbons (Fsp3) is 0.350. The van der Waals surface area contributed by atoms with Crippen LogP contribution in [-0.4, -0.2) is 37.0 Å². The summed E-state index contributed by atoms with van der Waals surface area (Å²) >= 11 is 0. The van der Waals surface area contributed by atoms with Crippen molar-refractivity contribution in [1.29, 1.82) is 0 Å². The van der Waals surface area contributed by atoms with Crippen molar-refractivity contribution in [3.8, 4) is 11.5 Å². The molecule has 1 amide bonds. The first-order chi connectivity index (χ1) is 11.6. The molecule has 0 aliphatic rings. The van der Waals surface area contributed by atoms with Crippen LogP contribution in [0.1, 0.15) is 30.6 Å². The van der Waals surface area contributed by atoms with Gasteiger partial charge in [0.15, 0.2) is 0 Å². The van der Waals surface area contributed by atoms with Gasteiger partial charge in [0.1, 0.15) is 11.5 Å². The van der Waals surface area contributed by atoms with E-state index in [0.717, 1.165) is 18.7 Å². The van der Waals surface area contributed by atoms with E-state index in [1.54, 1.807) is 12.1 Å². The van der Waals surface area contributed by atoms with Crippen LogP contribution in [0.3, 0.4) is 0 Å². The molecule has 2 aromatic rings. The highest BCUT2D eigenvalue weighted by atomic mass is 16.5. The van der Waals surface area contributed by atoms with E-state index in [0.29, 0.717) is 23.9 Å². The number of carbonyl (C=O) groups is 1. The van der Waals surface area contributed by atoms with E-state index in [2.05, 4.69) is 31.1 Å². The number of benzene rings is 2. The van der Waals surface area contributed by atoms with E-state index in [4.69, 9.17) is 4.74 Å². The summed E-state index contributed by atoms with van der Waals surface area (Å²) in [4.78, 5) is 14.4. The smallest absolute Gasteiger partial charge is 0.251 e. The minimum absolute atomic E-state index is 0.0567. The van der Waals surface area contributed by atoms with Crippen molar-refractivity contribution in [2.75, 3.05) is 20.1 Å². The average molecular weight is 326 g/mol. The van der Waals surface area contributed by atoms with Crippen LogP contribution in [0.2, 0.25) is 0 Å². The molecule has 0 aliphatic carbocycles. The lowest BCUT2D eigenvalue weighted by molar-refractivity contribution is 0.0947. The number of hydrogen-bond acceptors (Lipinski definition) is 3. The molecule has 0 spiro atoms. The van der Waals surface area contributed by atoms with Crippen LogP contribution in [-0.2, 0) is 0 Å². The molecule has 0 saturated heterocycles. The van der Waals surface area contributed by atoms with E-state index in [1.807, 2.05) is 42.5 Å². The predicted octanol–water partition coefficient (Wildman–Crippen LogP) is 3.94. The number of hydrogen-bond donors (Lipinski definition) is 1. The highest BCUT2D eigenvalue weighted by molar-refractivity contribution is 5.94. The van der Waals surface area contributed by atoms with Gasteiger partial charge in [-0.1, -0.05) is 25.1 Å². The lowest BCUT2D eigenvalue weighted by atomic mass is 10.2. The summed E-state index contributed by atoms with van der Waals surface area (Å²) in [5.74, 6) is 1.44. The minimum Gasteiger partial charge on any atom is -0.457 e. The summed E-state index contributed by atoms with van der Waals surface area (Å²) in [5.41, 5.74) is 0.640. The minimum atomic E-state index is -0.0567. The highest BCUT2D eigenvalue weighted by Gasteiger charge is 2.08. The summed E-state index contributed by atoms with van der Waals surface area (Å²) in [6.07, 6.45) is 1.10. The molecular weight excluding hydrogens is 300 g/mol. The van der Waals surface area contributed by atoms with E-state index < -0.39 is 0 Å². The fourth-order valence-electron chi connectivity index (χ4n) is 2.28. The Bertz CT molecular complexity index is 626. The number of rotatable bonds is 8. The molecule has 1 atom stereocenters. The maximum atomic E-state index is 12.2. The van der Waals surface area contributed by atoms with Crippen LogP contribution < -0.4 is 10.1 Å². The summed E-state index contributed by atoms with van der Waals surface area (Å²) < 4.78 is 5.73. The fourth-order valence-corrected chi connectivity index (χ4v) is 2.28. The Morgan fingerprint density at radius 3 is 2.33 bits per heavy atom. The van der Waals surface area contributed by atoms with E-state index >= 15 is 0 Å². The zero-order valence-corrected chi connectivity index (χ0v) is 14.7. The lowest BCUT2D eigenvalue weighted by Crippen LogP contribution is -2.37. The highest BCUT2D eigenvalue weighted by Crippen LogP contribution is 2.21. The second kappa shape index (κ2) is 9.08. The zero-order valence-electron chi connectivity index (χ0n) is 14.7. The molecule has 4 nitrogen and oxygen atoms in total. The number of nitrogens with zero attached hydrogens (tertiary/aromatic N) is 1. The first-order valence-corrected chi connectivity index (χ1v) is 8.41. The third-order valence-corrected chi connectivity index (χ3v) is 4.19. The van der Waals surface area contributed by atoms with Crippen LogP contribution in [0.4, 0.5) is 0 Å². The summed E-state index contributed by atoms with van der Waals surface area (Å²) in [5, 5.41) is 2.96. The van der Waals surface area contributed by atoms with Gasteiger partial charge in [0.25, 0.3) is 5.91 Å². The van der Waals surface area contributed by atoms with Crippen LogP contribution in [0.15, 0.2) is 54.6 Å². The molecule has 4 heteroatoms. The largest absolute Gasteiger partial charge is 0.457 e. The standard InChI is InChI=1S/C20H26N2O2/c1-4-16(2)22(3)15-14-21-20(23)17-10-12-19(13-11-17)24-18-8-6-5-7-9-18/h5-13,16H,4,14-15H2,1-3H3,(H,21,23)/t16-/m1/s1. The number of amides is 1. The zero-order chi connectivity index (χ0) is 17.4. The average Bonchev–Trinajstić information content (AvgIpc) is 2.62. The van der Waals surface area contributed by atoms with E-state index in [-0.39, 0.29) is 5.91 Å². The SMILES string of the molecule is CC[C@@H](C)N(C)CCNC(=O)c1ccc(Oc2ccccc2)cc1. The van der Waals surface area contributed by atoms with Crippen molar-refractivity contribution in [2.24, 2.45) is 0 Å². The molecule has 0 aromatic heterocycles. The third-order valence-electron chi connectivity index (χ3n) is 4.19. The molecule has 24 heavy (non-hydrogen) atoms. The first kappa shape index (κ1) is 18.0. The van der Waals surface area contributed by atoms with Gasteiger partial charge in [-0.15, -0.1) is 0 Å². The van der Waals surface area contributed by atoms with Gasteiger partial charge < -0.3 is 15.0 Å². The second-order valence-corrected chi connectivity index (χ2v) is 5.93. The maximum absolute atomic E-state index is 12.2. The monoisotopic (exact) mass is 326 g/mol. The van der Waals surface area contributed by atoms with E-state index in [9.17, 15) is 4.79 Å². The molecule has 2 rings (SSSR count). The van der Waals surface area contributed by atoms with Gasteiger partial charge in [0.2, 0.25) is 0 Å². The number of para-hydroxylation sites is 1. The second-order valence-electron chi connectivity index (χ2n) is 5.93. The quantitative estimate of drug-likeness (QED) is 0.799. The van der Waals surface area contributed by atoms with Gasteiger partial charge in [-0.3, -0.25) is 4.79 Å². The van der Waals surface area contributed by atoms with Gasteiger partial charge >= 0.3 is 0 Å². The van der Waals surface area contributed by atoms with Crippen LogP contribution in [0.5, 0.6) is 11.5 Å². The van der Waals surface area contributed by atoms with Gasteiger partial charge in [-0.25, -0.2) is 0 Å². The van der Waals surface area contributed by atoms with Crippen molar-refractivity contribution in [3.63, 3.8) is 0 Å². The molecular formula is C20H26N2O2. The normalized spacial score (nSPS) is 12.0. The Morgan fingerprint density at radius 1 is 1.08 bits per heavy atom. The van der Waals surface area contributed by atoms with Gasteiger partial charge in [0.05, 0.1) is 0 Å². The van der Waals surface area contributed by atoms with Gasteiger partial charge in [-0.05, 0) is 56.8 Å². The van der Waals surface area contributed by atoms with E-state index in [1.165, 1.54) is 0 Å². The third kappa shape index (κ3) is 5.39. The number of carbonyl (C=O) groups excluding carboxylic acids is 1. The summed E-state index contributed by atoms with van der Waals surface area (Å²) in [6, 6.07) is 17.3. The van der Waals surface area contributed by atoms with Crippen molar-refractivity contribution in [2.45, 2.75) is 26.3 Å². The van der Waals surface area contributed by atoms with Crippen LogP contribution >= 0.6 is 0 Å². The maximum Gasteiger partial charge on any atom is 0.251 e. The van der Waals surface area contributed by atoms with Gasteiger partial charge in [0, 0.05) is 24.7 Å². The lowest BCUT2D eigenvalue weighted by Gasteiger charge is -2.23. The molecule has 0 radical (unpaired) electrons. The first-order valence-electron chi connectivity index (χ1n) is 8.41. The molecule has 128 valence electrons. The molecule has 0 heterocycles. The Morgan fingerprint density at radius 2 is 1.71 bits per heavy atom. The molecule has 0 bridgehead atoms. The summed E-state index contributed by atoms with van der Waals surface area (Å²) in [6.45, 7) is 5.84. The van der Waals surface area contributed by atoms with Crippen LogP contribution in [0, 0.1) is 0 Å². The summed E-state index contributed by atoms with van der Waals surface area (Å²) in [7, 11) is 2.08. The Balaban J connectivity index is 1.83. The Hall–Kier alpha value is -2.33. The molecule has 2 aromatic carbocycles. The van der Waals surface area contributed by atoms with Gasteiger partial charge in [-0.2, -0.15) is 0 Å². The molecule has 0 saturated carbocycles. The Kier molecular flexibility index (Phi) is 6.82. The molecule has 1 N–H and O–H groups in total. The van der Waals surface area contributed by atoms with Crippen molar-refractivity contribution >= 4 is 5.91 Å². The topological polar surface area (TPSA) is 41.6 Å². The Labute approximate surface area is 144 Å². The van der Waals surface area contributed by atoms with Crippen molar-refractivity contribution < 1.29 is 9.53 Å². The predicted molar refractivity (Wildman–Crippen MR) is 97.7 cm³/mol. The molecule has 0 unspecified atom stereocenters.